The van der Waals surface area contributed by atoms with Crippen LogP contribution in [0.25, 0.3) is 0 Å². The Labute approximate surface area is 159 Å². The minimum atomic E-state index is -0.574. The summed E-state index contributed by atoms with van der Waals surface area (Å²) in [6.07, 6.45) is 4.32. The quantitative estimate of drug-likeness (QED) is 0.794. The molecule has 150 valence electrons. The largest absolute Gasteiger partial charge is 0.383 e. The Balaban J connectivity index is 2.03. The van der Waals surface area contributed by atoms with Crippen molar-refractivity contribution in [2.24, 2.45) is 29.6 Å². The van der Waals surface area contributed by atoms with Crippen molar-refractivity contribution in [2.75, 3.05) is 17.2 Å². The molecule has 2 aliphatic carbocycles. The molecule has 0 saturated heterocycles. The van der Waals surface area contributed by atoms with Crippen molar-refractivity contribution < 1.29 is 4.79 Å². The summed E-state index contributed by atoms with van der Waals surface area (Å²) in [6, 6.07) is 0. The first-order chi connectivity index (χ1) is 12.7. The number of anilines is 2. The first kappa shape index (κ1) is 19.7. The van der Waals surface area contributed by atoms with Gasteiger partial charge in [0.2, 0.25) is 5.91 Å². The molecule has 3 rings (SSSR count). The van der Waals surface area contributed by atoms with Gasteiger partial charge < -0.3 is 10.6 Å². The number of H-pyrrole nitrogens is 1. The minimum absolute atomic E-state index is 0.0113. The third kappa shape index (κ3) is 3.82. The lowest BCUT2D eigenvalue weighted by atomic mass is 9.87. The Morgan fingerprint density at radius 3 is 2.41 bits per heavy atom. The average Bonchev–Trinajstić information content (AvgIpc) is 3.19. The molecule has 27 heavy (non-hydrogen) atoms. The van der Waals surface area contributed by atoms with Gasteiger partial charge in [0.05, 0.1) is 0 Å². The van der Waals surface area contributed by atoms with Crippen LogP contribution in [0.15, 0.2) is 9.59 Å². The van der Waals surface area contributed by atoms with Crippen LogP contribution in [0, 0.1) is 29.6 Å². The number of amides is 1. The topological polar surface area (TPSA) is 101 Å². The van der Waals surface area contributed by atoms with E-state index < -0.39 is 11.2 Å². The molecule has 1 aromatic rings. The Morgan fingerprint density at radius 2 is 1.89 bits per heavy atom. The lowest BCUT2D eigenvalue weighted by Gasteiger charge is -2.31. The molecule has 2 bridgehead atoms. The van der Waals surface area contributed by atoms with Crippen LogP contribution in [0.4, 0.5) is 11.5 Å². The number of nitrogen functional groups attached to an aromatic ring is 1. The molecule has 0 radical (unpaired) electrons. The molecule has 3 unspecified atom stereocenters. The molecule has 0 spiro atoms. The Bertz CT molecular complexity index is 823. The number of fused-ring (bicyclic) bond motifs is 2. The summed E-state index contributed by atoms with van der Waals surface area (Å²) in [7, 11) is 0. The van der Waals surface area contributed by atoms with Crippen LogP contribution < -0.4 is 21.9 Å². The van der Waals surface area contributed by atoms with E-state index in [9.17, 15) is 14.4 Å². The molecule has 2 fully saturated rings. The van der Waals surface area contributed by atoms with Gasteiger partial charge in [-0.2, -0.15) is 0 Å². The molecule has 0 aromatic carbocycles. The van der Waals surface area contributed by atoms with Gasteiger partial charge in [0, 0.05) is 19.0 Å². The Morgan fingerprint density at radius 1 is 1.19 bits per heavy atom. The zero-order chi connectivity index (χ0) is 19.9. The summed E-state index contributed by atoms with van der Waals surface area (Å²) in [4.78, 5) is 42.3. The van der Waals surface area contributed by atoms with Crippen LogP contribution in [0.3, 0.4) is 0 Å². The number of nitrogens with zero attached hydrogens (tertiary/aromatic N) is 2. The van der Waals surface area contributed by atoms with Gasteiger partial charge in [-0.15, -0.1) is 0 Å². The van der Waals surface area contributed by atoms with Crippen LogP contribution in [0.2, 0.25) is 0 Å². The lowest BCUT2D eigenvalue weighted by Crippen LogP contribution is -2.46. The van der Waals surface area contributed by atoms with Crippen LogP contribution >= 0.6 is 0 Å². The van der Waals surface area contributed by atoms with Crippen molar-refractivity contribution in [3.63, 3.8) is 0 Å². The maximum absolute atomic E-state index is 13.4. The third-order valence-electron chi connectivity index (χ3n) is 5.90. The number of carbonyl (C=O) groups excluding carboxylic acids is 1. The molecule has 1 aromatic heterocycles. The standard InChI is InChI=1S/C20H32N4O3/c1-11(2)9-23(19(26)15-8-13-5-6-14(15)7-13)16-17(21)24(10-12(3)4)20(27)22-18(16)25/h11-15H,5-10,21H2,1-4H3,(H,22,25,27). The van der Waals surface area contributed by atoms with Gasteiger partial charge in [-0.05, 0) is 42.9 Å². The SMILES string of the molecule is CC(C)CN(C(=O)C1CC2CCC1C2)c1c(N)n(CC(C)C)c(=O)[nH]c1=O. The number of aromatic amines is 1. The first-order valence-electron chi connectivity index (χ1n) is 10.1. The summed E-state index contributed by atoms with van der Waals surface area (Å²) in [5, 5.41) is 0. The van der Waals surface area contributed by atoms with E-state index >= 15 is 0 Å². The molecule has 2 saturated carbocycles. The second-order valence-electron chi connectivity index (χ2n) is 9.12. The maximum Gasteiger partial charge on any atom is 0.330 e. The van der Waals surface area contributed by atoms with Crippen molar-refractivity contribution >= 4 is 17.4 Å². The van der Waals surface area contributed by atoms with Crippen molar-refractivity contribution in [1.82, 2.24) is 9.55 Å². The maximum atomic E-state index is 13.4. The van der Waals surface area contributed by atoms with E-state index in [1.165, 1.54) is 11.0 Å². The predicted octanol–water partition coefficient (Wildman–Crippen LogP) is 2.20. The van der Waals surface area contributed by atoms with Gasteiger partial charge in [0.15, 0.2) is 5.69 Å². The van der Waals surface area contributed by atoms with Crippen LogP contribution in [-0.4, -0.2) is 22.0 Å². The smallest absolute Gasteiger partial charge is 0.330 e. The zero-order valence-electron chi connectivity index (χ0n) is 16.8. The van der Waals surface area contributed by atoms with Crippen molar-refractivity contribution in [1.29, 1.82) is 0 Å². The normalized spacial score (nSPS) is 24.1. The molecule has 3 atom stereocenters. The van der Waals surface area contributed by atoms with Crippen molar-refractivity contribution in [3.05, 3.63) is 20.8 Å². The highest BCUT2D eigenvalue weighted by atomic mass is 16.2. The fraction of sp³-hybridized carbons (Fsp3) is 0.750. The summed E-state index contributed by atoms with van der Waals surface area (Å²) in [5.41, 5.74) is 5.31. The molecule has 0 aliphatic heterocycles. The lowest BCUT2D eigenvalue weighted by molar-refractivity contribution is -0.124. The van der Waals surface area contributed by atoms with Crippen molar-refractivity contribution in [3.8, 4) is 0 Å². The van der Waals surface area contributed by atoms with Crippen molar-refractivity contribution in [2.45, 2.75) is 59.9 Å². The Kier molecular flexibility index (Phi) is 5.49. The summed E-state index contributed by atoms with van der Waals surface area (Å²) >= 11 is 0. The molecule has 7 heteroatoms. The zero-order valence-corrected chi connectivity index (χ0v) is 16.8. The number of nitrogens with one attached hydrogen (secondary N) is 1. The number of nitrogens with two attached hydrogens (primary N) is 1. The highest BCUT2D eigenvalue weighted by Gasteiger charge is 2.45. The number of hydrogen-bond acceptors (Lipinski definition) is 4. The second kappa shape index (κ2) is 7.52. The van der Waals surface area contributed by atoms with E-state index in [-0.39, 0.29) is 35.2 Å². The average molecular weight is 377 g/mol. The fourth-order valence-corrected chi connectivity index (χ4v) is 4.79. The third-order valence-corrected chi connectivity index (χ3v) is 5.90. The van der Waals surface area contributed by atoms with Crippen LogP contribution in [0.1, 0.15) is 53.4 Å². The molecule has 7 nitrogen and oxygen atoms in total. The van der Waals surface area contributed by atoms with Crippen LogP contribution in [-0.2, 0) is 11.3 Å². The van der Waals surface area contributed by atoms with Gasteiger partial charge in [-0.25, -0.2) is 4.79 Å². The molecule has 1 heterocycles. The van der Waals surface area contributed by atoms with Crippen LogP contribution in [0.5, 0.6) is 0 Å². The number of carbonyl (C=O) groups is 1. The molecular weight excluding hydrogens is 344 g/mol. The second-order valence-corrected chi connectivity index (χ2v) is 9.12. The predicted molar refractivity (Wildman–Crippen MR) is 107 cm³/mol. The van der Waals surface area contributed by atoms with E-state index in [4.69, 9.17) is 5.73 Å². The van der Waals surface area contributed by atoms with Gasteiger partial charge in [-0.3, -0.25) is 19.1 Å². The fourth-order valence-electron chi connectivity index (χ4n) is 4.79. The summed E-state index contributed by atoms with van der Waals surface area (Å²) in [5.74, 6) is 1.46. The molecule has 1 amide bonds. The monoisotopic (exact) mass is 376 g/mol. The highest BCUT2D eigenvalue weighted by molar-refractivity contribution is 5.97. The molecule has 2 aliphatic rings. The number of hydrogen-bond donors (Lipinski definition) is 2. The van der Waals surface area contributed by atoms with E-state index in [1.54, 1.807) is 4.90 Å². The minimum Gasteiger partial charge on any atom is -0.383 e. The Hall–Kier alpha value is -2.05. The summed E-state index contributed by atoms with van der Waals surface area (Å²) < 4.78 is 1.38. The van der Waals surface area contributed by atoms with Gasteiger partial charge in [0.1, 0.15) is 5.82 Å². The van der Waals surface area contributed by atoms with Gasteiger partial charge in [0.25, 0.3) is 5.56 Å². The summed E-state index contributed by atoms with van der Waals surface area (Å²) in [6.45, 7) is 8.78. The van der Waals surface area contributed by atoms with E-state index in [0.29, 0.717) is 24.9 Å². The first-order valence-corrected chi connectivity index (χ1v) is 10.1. The number of rotatable bonds is 6. The van der Waals surface area contributed by atoms with E-state index in [2.05, 4.69) is 4.98 Å². The van der Waals surface area contributed by atoms with E-state index in [1.807, 2.05) is 27.7 Å². The highest BCUT2D eigenvalue weighted by Crippen LogP contribution is 2.49. The molecule has 3 N–H and O–H groups in total. The van der Waals surface area contributed by atoms with Gasteiger partial charge in [-0.1, -0.05) is 34.1 Å². The van der Waals surface area contributed by atoms with Gasteiger partial charge >= 0.3 is 5.69 Å². The van der Waals surface area contributed by atoms with E-state index in [0.717, 1.165) is 19.3 Å². The molecular formula is C20H32N4O3. The number of aromatic nitrogens is 2.